The first-order valence-corrected chi connectivity index (χ1v) is 7.21. The van der Waals surface area contributed by atoms with E-state index in [0.717, 1.165) is 26.2 Å². The van der Waals surface area contributed by atoms with E-state index >= 15 is 0 Å². The SMILES string of the molecule is c1ccc(CN2CCNC(Nc3ccccc3)C2)cc1. The van der Waals surface area contributed by atoms with Crippen molar-refractivity contribution in [3.05, 3.63) is 66.2 Å². The fourth-order valence-corrected chi connectivity index (χ4v) is 2.63. The Hall–Kier alpha value is -1.84. The van der Waals surface area contributed by atoms with Gasteiger partial charge in [0.05, 0.1) is 6.17 Å². The van der Waals surface area contributed by atoms with E-state index < -0.39 is 0 Å². The normalized spacial score (nSPS) is 19.7. The number of para-hydroxylation sites is 1. The van der Waals surface area contributed by atoms with E-state index in [1.54, 1.807) is 0 Å². The lowest BCUT2D eigenvalue weighted by Gasteiger charge is -2.34. The fraction of sp³-hybridized carbons (Fsp3) is 0.294. The number of nitrogens with zero attached hydrogens (tertiary/aromatic N) is 1. The van der Waals surface area contributed by atoms with Crippen LogP contribution in [0.3, 0.4) is 0 Å². The molecule has 0 radical (unpaired) electrons. The Balaban J connectivity index is 1.57. The van der Waals surface area contributed by atoms with Crippen molar-refractivity contribution in [3.63, 3.8) is 0 Å². The Labute approximate surface area is 120 Å². The van der Waals surface area contributed by atoms with Gasteiger partial charge in [-0.15, -0.1) is 0 Å². The minimum Gasteiger partial charge on any atom is -0.369 e. The monoisotopic (exact) mass is 267 g/mol. The van der Waals surface area contributed by atoms with E-state index in [1.165, 1.54) is 11.3 Å². The molecule has 1 heterocycles. The molecule has 2 aromatic rings. The van der Waals surface area contributed by atoms with Gasteiger partial charge in [0.25, 0.3) is 0 Å². The van der Waals surface area contributed by atoms with Crippen molar-refractivity contribution in [2.45, 2.75) is 12.7 Å². The van der Waals surface area contributed by atoms with Crippen molar-refractivity contribution in [2.75, 3.05) is 25.0 Å². The molecule has 1 aliphatic heterocycles. The van der Waals surface area contributed by atoms with Gasteiger partial charge in [-0.1, -0.05) is 48.5 Å². The predicted octanol–water partition coefficient (Wildman–Crippen LogP) is 2.53. The third-order valence-electron chi connectivity index (χ3n) is 3.62. The lowest BCUT2D eigenvalue weighted by Crippen LogP contribution is -2.53. The van der Waals surface area contributed by atoms with Gasteiger partial charge in [0, 0.05) is 31.9 Å². The lowest BCUT2D eigenvalue weighted by atomic mass is 10.2. The molecule has 1 atom stereocenters. The molecule has 1 saturated heterocycles. The molecule has 1 unspecified atom stereocenters. The molecule has 0 aliphatic carbocycles. The zero-order chi connectivity index (χ0) is 13.6. The molecule has 3 heteroatoms. The van der Waals surface area contributed by atoms with Gasteiger partial charge in [-0.25, -0.2) is 0 Å². The van der Waals surface area contributed by atoms with Crippen molar-refractivity contribution in [3.8, 4) is 0 Å². The molecule has 3 rings (SSSR count). The van der Waals surface area contributed by atoms with Gasteiger partial charge in [0.1, 0.15) is 0 Å². The minimum atomic E-state index is 0.315. The molecular formula is C17H21N3. The summed E-state index contributed by atoms with van der Waals surface area (Å²) in [6.07, 6.45) is 0.315. The third-order valence-corrected chi connectivity index (χ3v) is 3.62. The van der Waals surface area contributed by atoms with Crippen molar-refractivity contribution in [1.82, 2.24) is 10.2 Å². The van der Waals surface area contributed by atoms with Crippen molar-refractivity contribution in [1.29, 1.82) is 0 Å². The largest absolute Gasteiger partial charge is 0.369 e. The van der Waals surface area contributed by atoms with E-state index in [0.29, 0.717) is 6.17 Å². The van der Waals surface area contributed by atoms with Crippen LogP contribution in [0.4, 0.5) is 5.69 Å². The molecule has 2 aromatic carbocycles. The minimum absolute atomic E-state index is 0.315. The first-order chi connectivity index (χ1) is 9.90. The maximum Gasteiger partial charge on any atom is 0.0899 e. The summed E-state index contributed by atoms with van der Waals surface area (Å²) in [5.74, 6) is 0. The molecule has 1 fully saturated rings. The first-order valence-electron chi connectivity index (χ1n) is 7.21. The smallest absolute Gasteiger partial charge is 0.0899 e. The van der Waals surface area contributed by atoms with Crippen LogP contribution >= 0.6 is 0 Å². The zero-order valence-electron chi connectivity index (χ0n) is 11.6. The van der Waals surface area contributed by atoms with E-state index in [9.17, 15) is 0 Å². The summed E-state index contributed by atoms with van der Waals surface area (Å²) in [6, 6.07) is 21.1. The van der Waals surface area contributed by atoms with Crippen LogP contribution in [-0.2, 0) is 6.54 Å². The summed E-state index contributed by atoms with van der Waals surface area (Å²) >= 11 is 0. The highest BCUT2D eigenvalue weighted by Gasteiger charge is 2.18. The highest BCUT2D eigenvalue weighted by atomic mass is 15.3. The summed E-state index contributed by atoms with van der Waals surface area (Å²) in [4.78, 5) is 2.49. The molecule has 2 N–H and O–H groups in total. The van der Waals surface area contributed by atoms with Crippen LogP contribution in [0.1, 0.15) is 5.56 Å². The standard InChI is InChI=1S/C17H21N3/c1-3-7-15(8-4-1)13-20-12-11-18-17(14-20)19-16-9-5-2-6-10-16/h1-10,17-19H,11-14H2. The number of nitrogens with one attached hydrogen (secondary N) is 2. The molecule has 3 nitrogen and oxygen atoms in total. The molecule has 0 aromatic heterocycles. The number of rotatable bonds is 4. The number of hydrogen-bond acceptors (Lipinski definition) is 3. The van der Waals surface area contributed by atoms with Crippen LogP contribution in [0.25, 0.3) is 0 Å². The Kier molecular flexibility index (Phi) is 4.31. The van der Waals surface area contributed by atoms with E-state index in [-0.39, 0.29) is 0 Å². The molecule has 0 amide bonds. The fourth-order valence-electron chi connectivity index (χ4n) is 2.63. The van der Waals surface area contributed by atoms with E-state index in [2.05, 4.69) is 70.1 Å². The van der Waals surface area contributed by atoms with Crippen LogP contribution in [0.2, 0.25) is 0 Å². The first kappa shape index (κ1) is 13.2. The van der Waals surface area contributed by atoms with Gasteiger partial charge >= 0.3 is 0 Å². The topological polar surface area (TPSA) is 27.3 Å². The Morgan fingerprint density at radius 1 is 1.00 bits per heavy atom. The summed E-state index contributed by atoms with van der Waals surface area (Å²) in [5, 5.41) is 7.07. The number of piperazine rings is 1. The molecule has 0 spiro atoms. The van der Waals surface area contributed by atoms with Gasteiger partial charge in [0.2, 0.25) is 0 Å². The molecular weight excluding hydrogens is 246 g/mol. The van der Waals surface area contributed by atoms with Crippen LogP contribution < -0.4 is 10.6 Å². The van der Waals surface area contributed by atoms with Crippen LogP contribution in [-0.4, -0.2) is 30.7 Å². The molecule has 104 valence electrons. The van der Waals surface area contributed by atoms with Gasteiger partial charge in [0.15, 0.2) is 0 Å². The Bertz CT molecular complexity index is 465. The lowest BCUT2D eigenvalue weighted by molar-refractivity contribution is 0.203. The van der Waals surface area contributed by atoms with Crippen molar-refractivity contribution in [2.24, 2.45) is 0 Å². The summed E-state index contributed by atoms with van der Waals surface area (Å²) in [5.41, 5.74) is 2.56. The van der Waals surface area contributed by atoms with E-state index in [1.807, 2.05) is 6.07 Å². The average Bonchev–Trinajstić information content (AvgIpc) is 2.50. The van der Waals surface area contributed by atoms with Crippen molar-refractivity contribution < 1.29 is 0 Å². The second kappa shape index (κ2) is 6.55. The molecule has 0 saturated carbocycles. The van der Waals surface area contributed by atoms with Crippen LogP contribution in [0.15, 0.2) is 60.7 Å². The second-order valence-electron chi connectivity index (χ2n) is 5.24. The Morgan fingerprint density at radius 3 is 2.45 bits per heavy atom. The number of hydrogen-bond donors (Lipinski definition) is 2. The van der Waals surface area contributed by atoms with Gasteiger partial charge in [-0.2, -0.15) is 0 Å². The van der Waals surface area contributed by atoms with Crippen LogP contribution in [0, 0.1) is 0 Å². The van der Waals surface area contributed by atoms with Gasteiger partial charge in [-0.05, 0) is 17.7 Å². The van der Waals surface area contributed by atoms with Gasteiger partial charge < -0.3 is 5.32 Å². The predicted molar refractivity (Wildman–Crippen MR) is 83.6 cm³/mol. The molecule has 20 heavy (non-hydrogen) atoms. The summed E-state index contributed by atoms with van der Waals surface area (Å²) in [7, 11) is 0. The zero-order valence-corrected chi connectivity index (χ0v) is 11.6. The number of benzene rings is 2. The molecule has 0 bridgehead atoms. The highest BCUT2D eigenvalue weighted by Crippen LogP contribution is 2.11. The quantitative estimate of drug-likeness (QED) is 0.891. The highest BCUT2D eigenvalue weighted by molar-refractivity contribution is 5.43. The maximum absolute atomic E-state index is 3.54. The second-order valence-corrected chi connectivity index (χ2v) is 5.24. The molecule has 1 aliphatic rings. The summed E-state index contributed by atoms with van der Waals surface area (Å²) in [6.45, 7) is 4.17. The third kappa shape index (κ3) is 3.59. The van der Waals surface area contributed by atoms with Gasteiger partial charge in [-0.3, -0.25) is 10.2 Å². The maximum atomic E-state index is 3.54. The van der Waals surface area contributed by atoms with Crippen LogP contribution in [0.5, 0.6) is 0 Å². The van der Waals surface area contributed by atoms with Crippen molar-refractivity contribution >= 4 is 5.69 Å². The Morgan fingerprint density at radius 2 is 1.70 bits per heavy atom. The number of anilines is 1. The average molecular weight is 267 g/mol. The summed E-state index contributed by atoms with van der Waals surface area (Å²) < 4.78 is 0. The van der Waals surface area contributed by atoms with E-state index in [4.69, 9.17) is 0 Å².